The number of aliphatic carboxylic acids is 1. The predicted molar refractivity (Wildman–Crippen MR) is 92.7 cm³/mol. The molecule has 1 heterocycles. The highest BCUT2D eigenvalue weighted by molar-refractivity contribution is 7.21. The fraction of sp³-hybridized carbons (Fsp3) is 0.375. The molecule has 0 aliphatic heterocycles. The van der Waals surface area contributed by atoms with Gasteiger partial charge in [0.25, 0.3) is 5.91 Å². The number of carboxylic acid groups (broad SMARTS) is 1. The van der Waals surface area contributed by atoms with Gasteiger partial charge < -0.3 is 10.4 Å². The van der Waals surface area contributed by atoms with E-state index in [4.69, 9.17) is 28.3 Å². The van der Waals surface area contributed by atoms with Crippen molar-refractivity contribution < 1.29 is 14.7 Å². The van der Waals surface area contributed by atoms with Gasteiger partial charge in [-0.1, -0.05) is 29.3 Å². The molecule has 1 fully saturated rings. The molecule has 3 rings (SSSR count). The Morgan fingerprint density at radius 1 is 1.17 bits per heavy atom. The van der Waals surface area contributed by atoms with Crippen LogP contribution in [0.1, 0.15) is 35.4 Å². The van der Waals surface area contributed by atoms with E-state index < -0.39 is 5.97 Å². The SMILES string of the molecule is O=C(NC1CCC(C(=O)O)CC1)c1sc2cc(Cl)ccc2c1Cl. The fourth-order valence-corrected chi connectivity index (χ4v) is 4.62. The van der Waals surface area contributed by atoms with E-state index in [0.29, 0.717) is 40.6 Å². The van der Waals surface area contributed by atoms with Crippen molar-refractivity contribution >= 4 is 56.5 Å². The smallest absolute Gasteiger partial charge is 0.306 e. The first-order chi connectivity index (χ1) is 11.0. The van der Waals surface area contributed by atoms with Gasteiger partial charge in [-0.25, -0.2) is 0 Å². The number of nitrogens with one attached hydrogen (secondary N) is 1. The fourth-order valence-electron chi connectivity index (χ4n) is 2.92. The summed E-state index contributed by atoms with van der Waals surface area (Å²) in [5.41, 5.74) is 0. The lowest BCUT2D eigenvalue weighted by Crippen LogP contribution is -2.38. The molecule has 0 bridgehead atoms. The van der Waals surface area contributed by atoms with Crippen molar-refractivity contribution in [3.63, 3.8) is 0 Å². The summed E-state index contributed by atoms with van der Waals surface area (Å²) in [7, 11) is 0. The van der Waals surface area contributed by atoms with E-state index in [-0.39, 0.29) is 17.9 Å². The molecule has 1 aromatic carbocycles. The molecule has 0 saturated heterocycles. The van der Waals surface area contributed by atoms with Gasteiger partial charge in [-0.2, -0.15) is 0 Å². The van der Waals surface area contributed by atoms with Crippen LogP contribution >= 0.6 is 34.5 Å². The molecule has 0 spiro atoms. The van der Waals surface area contributed by atoms with Crippen LogP contribution in [0.5, 0.6) is 0 Å². The maximum absolute atomic E-state index is 12.5. The Kier molecular flexibility index (Phi) is 4.80. The van der Waals surface area contributed by atoms with E-state index in [2.05, 4.69) is 5.32 Å². The van der Waals surface area contributed by atoms with Crippen LogP contribution in [-0.4, -0.2) is 23.0 Å². The molecular weight excluding hydrogens is 357 g/mol. The molecule has 0 radical (unpaired) electrons. The molecule has 1 amide bonds. The van der Waals surface area contributed by atoms with Crippen molar-refractivity contribution in [1.29, 1.82) is 0 Å². The minimum Gasteiger partial charge on any atom is -0.481 e. The minimum atomic E-state index is -0.751. The lowest BCUT2D eigenvalue weighted by atomic mass is 9.86. The van der Waals surface area contributed by atoms with Crippen LogP contribution in [0, 0.1) is 5.92 Å². The molecule has 2 N–H and O–H groups in total. The van der Waals surface area contributed by atoms with Gasteiger partial charge in [-0.15, -0.1) is 11.3 Å². The van der Waals surface area contributed by atoms with Crippen LogP contribution in [0.2, 0.25) is 10.0 Å². The molecule has 23 heavy (non-hydrogen) atoms. The van der Waals surface area contributed by atoms with Gasteiger partial charge in [-0.3, -0.25) is 9.59 Å². The second kappa shape index (κ2) is 6.67. The molecule has 1 saturated carbocycles. The van der Waals surface area contributed by atoms with Gasteiger partial charge in [0.1, 0.15) is 4.88 Å². The van der Waals surface area contributed by atoms with Crippen LogP contribution in [0.4, 0.5) is 0 Å². The van der Waals surface area contributed by atoms with Gasteiger partial charge in [0.2, 0.25) is 0 Å². The topological polar surface area (TPSA) is 66.4 Å². The van der Waals surface area contributed by atoms with Gasteiger partial charge in [0, 0.05) is 21.2 Å². The van der Waals surface area contributed by atoms with Gasteiger partial charge in [0.05, 0.1) is 10.9 Å². The second-order valence-corrected chi connectivity index (χ2v) is 7.61. The number of halogens is 2. The molecule has 0 unspecified atom stereocenters. The van der Waals surface area contributed by atoms with Crippen LogP contribution in [0.15, 0.2) is 18.2 Å². The highest BCUT2D eigenvalue weighted by Crippen LogP contribution is 2.37. The van der Waals surface area contributed by atoms with Crippen molar-refractivity contribution in [2.75, 3.05) is 0 Å². The summed E-state index contributed by atoms with van der Waals surface area (Å²) in [6.07, 6.45) is 2.54. The van der Waals surface area contributed by atoms with Crippen molar-refractivity contribution in [1.82, 2.24) is 5.32 Å². The number of carbonyl (C=O) groups is 2. The zero-order valence-corrected chi connectivity index (χ0v) is 14.5. The number of thiophene rings is 1. The molecular formula is C16H15Cl2NO3S. The van der Waals surface area contributed by atoms with Gasteiger partial charge in [0.15, 0.2) is 0 Å². The Labute approximate surface area is 147 Å². The normalized spacial score (nSPS) is 21.3. The first-order valence-electron chi connectivity index (χ1n) is 7.37. The average Bonchev–Trinajstić information content (AvgIpc) is 2.84. The highest BCUT2D eigenvalue weighted by atomic mass is 35.5. The number of rotatable bonds is 3. The molecule has 1 aliphatic rings. The number of fused-ring (bicyclic) bond motifs is 1. The second-order valence-electron chi connectivity index (χ2n) is 5.75. The van der Waals surface area contributed by atoms with E-state index in [1.807, 2.05) is 6.07 Å². The Morgan fingerprint density at radius 3 is 2.52 bits per heavy atom. The van der Waals surface area contributed by atoms with Crippen molar-refractivity contribution in [3.8, 4) is 0 Å². The maximum Gasteiger partial charge on any atom is 0.306 e. The van der Waals surface area contributed by atoms with Crippen molar-refractivity contribution in [2.45, 2.75) is 31.7 Å². The molecule has 7 heteroatoms. The average molecular weight is 372 g/mol. The molecule has 1 aromatic heterocycles. The Bertz CT molecular complexity index is 766. The van der Waals surface area contributed by atoms with E-state index in [1.54, 1.807) is 12.1 Å². The van der Waals surface area contributed by atoms with E-state index in [9.17, 15) is 9.59 Å². The van der Waals surface area contributed by atoms with Gasteiger partial charge >= 0.3 is 5.97 Å². The summed E-state index contributed by atoms with van der Waals surface area (Å²) in [4.78, 5) is 23.9. The highest BCUT2D eigenvalue weighted by Gasteiger charge is 2.28. The number of carboxylic acids is 1. The van der Waals surface area contributed by atoms with Crippen molar-refractivity contribution in [2.24, 2.45) is 5.92 Å². The standard InChI is InChI=1S/C16H15Cl2NO3S/c17-9-3-6-11-12(7-9)23-14(13(11)18)15(20)19-10-4-1-8(2-5-10)16(21)22/h3,6-8,10H,1-2,4-5H2,(H,19,20)(H,21,22). The Morgan fingerprint density at radius 2 is 1.87 bits per heavy atom. The zero-order chi connectivity index (χ0) is 16.6. The van der Waals surface area contributed by atoms with E-state index in [1.165, 1.54) is 11.3 Å². The van der Waals surface area contributed by atoms with E-state index >= 15 is 0 Å². The first-order valence-corrected chi connectivity index (χ1v) is 8.94. The number of hydrogen-bond acceptors (Lipinski definition) is 3. The summed E-state index contributed by atoms with van der Waals surface area (Å²) in [6, 6.07) is 5.35. The summed E-state index contributed by atoms with van der Waals surface area (Å²) < 4.78 is 0.877. The summed E-state index contributed by atoms with van der Waals surface area (Å²) in [6.45, 7) is 0. The predicted octanol–water partition coefficient (Wildman–Crippen LogP) is 4.58. The van der Waals surface area contributed by atoms with Crippen molar-refractivity contribution in [3.05, 3.63) is 33.1 Å². The van der Waals surface area contributed by atoms with Crippen LogP contribution < -0.4 is 5.32 Å². The number of benzene rings is 1. The largest absolute Gasteiger partial charge is 0.481 e. The quantitative estimate of drug-likeness (QED) is 0.829. The summed E-state index contributed by atoms with van der Waals surface area (Å²) in [5.74, 6) is -1.25. The Hall–Kier alpha value is -1.30. The third-order valence-electron chi connectivity index (χ3n) is 4.21. The lowest BCUT2D eigenvalue weighted by molar-refractivity contribution is -0.142. The monoisotopic (exact) mass is 371 g/mol. The van der Waals surface area contributed by atoms with Crippen LogP contribution in [0.25, 0.3) is 10.1 Å². The number of carbonyl (C=O) groups excluding carboxylic acids is 1. The van der Waals surface area contributed by atoms with Gasteiger partial charge in [-0.05, 0) is 37.8 Å². The first kappa shape index (κ1) is 16.6. The summed E-state index contributed by atoms with van der Waals surface area (Å²) >= 11 is 13.6. The zero-order valence-electron chi connectivity index (χ0n) is 12.1. The lowest BCUT2D eigenvalue weighted by Gasteiger charge is -2.26. The molecule has 0 atom stereocenters. The molecule has 4 nitrogen and oxygen atoms in total. The number of hydrogen-bond donors (Lipinski definition) is 2. The molecule has 122 valence electrons. The molecule has 1 aliphatic carbocycles. The van der Waals surface area contributed by atoms with E-state index in [0.717, 1.165) is 10.1 Å². The third-order valence-corrected chi connectivity index (χ3v) is 6.10. The van der Waals surface area contributed by atoms with Crippen LogP contribution in [-0.2, 0) is 4.79 Å². The third kappa shape index (κ3) is 3.47. The minimum absolute atomic E-state index is 0.00275. The van der Waals surface area contributed by atoms with Crippen LogP contribution in [0.3, 0.4) is 0 Å². The number of amides is 1. The maximum atomic E-state index is 12.5. The molecule has 2 aromatic rings. The summed E-state index contributed by atoms with van der Waals surface area (Å²) in [5, 5.41) is 13.9. The Balaban J connectivity index is 1.72.